The molecule has 1 unspecified atom stereocenters. The lowest BCUT2D eigenvalue weighted by atomic mass is 9.97. The minimum absolute atomic E-state index is 0.231. The number of rotatable bonds is 3. The highest BCUT2D eigenvalue weighted by atomic mass is 16.5. The van der Waals surface area contributed by atoms with Crippen LogP contribution >= 0.6 is 0 Å². The van der Waals surface area contributed by atoms with Crippen molar-refractivity contribution in [2.24, 2.45) is 0 Å². The fourth-order valence-electron chi connectivity index (χ4n) is 2.12. The van der Waals surface area contributed by atoms with E-state index in [1.165, 1.54) is 31.2 Å². The van der Waals surface area contributed by atoms with Crippen LogP contribution in [0, 0.1) is 6.42 Å². The Kier molecular flexibility index (Phi) is 3.79. The van der Waals surface area contributed by atoms with Crippen LogP contribution in [0.1, 0.15) is 44.3 Å². The van der Waals surface area contributed by atoms with Gasteiger partial charge in [-0.05, 0) is 44.6 Å². The quantitative estimate of drug-likeness (QED) is 0.723. The minimum Gasteiger partial charge on any atom is -0.371 e. The molecule has 1 saturated carbocycles. The van der Waals surface area contributed by atoms with Gasteiger partial charge in [0.1, 0.15) is 0 Å². The van der Waals surface area contributed by atoms with Gasteiger partial charge in [0.2, 0.25) is 0 Å². The summed E-state index contributed by atoms with van der Waals surface area (Å²) < 4.78 is 6.06. The molecule has 0 amide bonds. The normalized spacial score (nSPS) is 20.1. The summed E-state index contributed by atoms with van der Waals surface area (Å²) in [7, 11) is 0. The standard InChI is InChI=1S/C14H19O/c1-12(13-8-4-2-5-9-13)15-14-10-6-3-7-11-14/h2-5,8-9,12,14H,6-7,10-11H2,1H3. The first kappa shape index (κ1) is 10.7. The van der Waals surface area contributed by atoms with Gasteiger partial charge >= 0.3 is 0 Å². The van der Waals surface area contributed by atoms with Gasteiger partial charge in [-0.25, -0.2) is 0 Å². The Labute approximate surface area is 92.5 Å². The van der Waals surface area contributed by atoms with E-state index in [9.17, 15) is 0 Å². The molecule has 1 nitrogen and oxygen atoms in total. The second kappa shape index (κ2) is 5.32. The second-order valence-electron chi connectivity index (χ2n) is 4.25. The smallest absolute Gasteiger partial charge is 0.0800 e. The van der Waals surface area contributed by atoms with Gasteiger partial charge < -0.3 is 4.74 Å². The number of ether oxygens (including phenoxy) is 1. The van der Waals surface area contributed by atoms with Crippen molar-refractivity contribution in [3.63, 3.8) is 0 Å². The van der Waals surface area contributed by atoms with E-state index in [0.29, 0.717) is 6.10 Å². The molecular weight excluding hydrogens is 184 g/mol. The zero-order valence-corrected chi connectivity index (χ0v) is 9.36. The Morgan fingerprint density at radius 1 is 1.13 bits per heavy atom. The Morgan fingerprint density at radius 3 is 2.47 bits per heavy atom. The third-order valence-corrected chi connectivity index (χ3v) is 3.05. The fraction of sp³-hybridized carbons (Fsp3) is 0.500. The first-order chi connectivity index (χ1) is 7.36. The molecule has 0 N–H and O–H groups in total. The van der Waals surface area contributed by atoms with Gasteiger partial charge in [0.05, 0.1) is 12.2 Å². The molecule has 0 heterocycles. The monoisotopic (exact) mass is 203 g/mol. The molecule has 1 aromatic carbocycles. The van der Waals surface area contributed by atoms with Gasteiger partial charge in [-0.15, -0.1) is 0 Å². The summed E-state index contributed by atoms with van der Waals surface area (Å²) in [5, 5.41) is 0. The summed E-state index contributed by atoms with van der Waals surface area (Å²) in [6.45, 7) is 2.15. The molecule has 1 heteroatoms. The number of benzene rings is 1. The molecule has 15 heavy (non-hydrogen) atoms. The van der Waals surface area contributed by atoms with Crippen LogP contribution in [0.2, 0.25) is 0 Å². The van der Waals surface area contributed by atoms with E-state index < -0.39 is 0 Å². The molecule has 1 atom stereocenters. The molecule has 2 rings (SSSR count). The highest BCUT2D eigenvalue weighted by molar-refractivity contribution is 5.16. The van der Waals surface area contributed by atoms with Crippen molar-refractivity contribution in [1.29, 1.82) is 0 Å². The summed E-state index contributed by atoms with van der Waals surface area (Å²) in [6, 6.07) is 10.5. The van der Waals surface area contributed by atoms with E-state index in [1.807, 2.05) is 6.07 Å². The lowest BCUT2D eigenvalue weighted by Gasteiger charge is -2.25. The maximum Gasteiger partial charge on any atom is 0.0800 e. The highest BCUT2D eigenvalue weighted by Crippen LogP contribution is 2.25. The van der Waals surface area contributed by atoms with E-state index >= 15 is 0 Å². The van der Waals surface area contributed by atoms with Gasteiger partial charge in [-0.3, -0.25) is 0 Å². The molecule has 1 aromatic rings. The van der Waals surface area contributed by atoms with Crippen LogP contribution in [0.4, 0.5) is 0 Å². The average Bonchev–Trinajstić information content (AvgIpc) is 2.31. The summed E-state index contributed by atoms with van der Waals surface area (Å²) in [5.41, 5.74) is 1.28. The van der Waals surface area contributed by atoms with Crippen molar-refractivity contribution in [3.8, 4) is 0 Å². The Balaban J connectivity index is 1.88. The van der Waals surface area contributed by atoms with Crippen molar-refractivity contribution in [2.45, 2.75) is 44.8 Å². The van der Waals surface area contributed by atoms with E-state index in [2.05, 4.69) is 37.6 Å². The fourth-order valence-corrected chi connectivity index (χ4v) is 2.12. The number of hydrogen-bond donors (Lipinski definition) is 0. The average molecular weight is 203 g/mol. The van der Waals surface area contributed by atoms with Crippen LogP contribution in [0.25, 0.3) is 0 Å². The minimum atomic E-state index is 0.231. The van der Waals surface area contributed by atoms with Crippen LogP contribution in [-0.2, 0) is 4.74 Å². The maximum absolute atomic E-state index is 6.06. The van der Waals surface area contributed by atoms with Crippen molar-refractivity contribution in [1.82, 2.24) is 0 Å². The summed E-state index contributed by atoms with van der Waals surface area (Å²) in [4.78, 5) is 0. The van der Waals surface area contributed by atoms with Gasteiger partial charge in [0.15, 0.2) is 0 Å². The topological polar surface area (TPSA) is 9.23 Å². The second-order valence-corrected chi connectivity index (χ2v) is 4.25. The first-order valence-corrected chi connectivity index (χ1v) is 5.88. The third-order valence-electron chi connectivity index (χ3n) is 3.05. The SMILES string of the molecule is CC(OC1CC[CH]CC1)c1ccccc1. The van der Waals surface area contributed by atoms with Crippen LogP contribution in [0.5, 0.6) is 0 Å². The highest BCUT2D eigenvalue weighted by Gasteiger charge is 2.17. The van der Waals surface area contributed by atoms with E-state index in [-0.39, 0.29) is 6.10 Å². The molecule has 81 valence electrons. The zero-order chi connectivity index (χ0) is 10.5. The van der Waals surface area contributed by atoms with Crippen molar-refractivity contribution in [3.05, 3.63) is 42.3 Å². The van der Waals surface area contributed by atoms with Crippen LogP contribution in [0.3, 0.4) is 0 Å². The van der Waals surface area contributed by atoms with Gasteiger partial charge in [-0.2, -0.15) is 0 Å². The molecule has 0 saturated heterocycles. The molecule has 0 aliphatic heterocycles. The van der Waals surface area contributed by atoms with Crippen LogP contribution in [-0.4, -0.2) is 6.10 Å². The Hall–Kier alpha value is -0.820. The first-order valence-electron chi connectivity index (χ1n) is 5.88. The Bertz CT molecular complexity index is 275. The lowest BCUT2D eigenvalue weighted by molar-refractivity contribution is -0.0174. The molecule has 1 fully saturated rings. The summed E-state index contributed by atoms with van der Waals surface area (Å²) in [6.07, 6.45) is 7.87. The Morgan fingerprint density at radius 2 is 1.80 bits per heavy atom. The van der Waals surface area contributed by atoms with E-state index in [0.717, 1.165) is 0 Å². The molecule has 1 aliphatic rings. The van der Waals surface area contributed by atoms with Crippen LogP contribution in [0.15, 0.2) is 30.3 Å². The number of hydrogen-bond acceptors (Lipinski definition) is 1. The third kappa shape index (κ3) is 3.07. The largest absolute Gasteiger partial charge is 0.371 e. The molecule has 1 radical (unpaired) electrons. The summed E-state index contributed by atoms with van der Waals surface area (Å²) >= 11 is 0. The molecule has 0 aromatic heterocycles. The molecule has 0 spiro atoms. The predicted molar refractivity (Wildman–Crippen MR) is 62.5 cm³/mol. The van der Waals surface area contributed by atoms with Crippen molar-refractivity contribution >= 4 is 0 Å². The zero-order valence-electron chi connectivity index (χ0n) is 9.36. The molecule has 1 aliphatic carbocycles. The summed E-state index contributed by atoms with van der Waals surface area (Å²) in [5.74, 6) is 0. The maximum atomic E-state index is 6.06. The van der Waals surface area contributed by atoms with E-state index in [4.69, 9.17) is 4.74 Å². The molecule has 0 bridgehead atoms. The van der Waals surface area contributed by atoms with Gasteiger partial charge in [0.25, 0.3) is 0 Å². The van der Waals surface area contributed by atoms with Crippen LogP contribution < -0.4 is 0 Å². The molecular formula is C14H19O. The predicted octanol–water partition coefficient (Wildman–Crippen LogP) is 3.91. The van der Waals surface area contributed by atoms with Crippen molar-refractivity contribution < 1.29 is 4.74 Å². The van der Waals surface area contributed by atoms with Crippen molar-refractivity contribution in [2.75, 3.05) is 0 Å². The van der Waals surface area contributed by atoms with Gasteiger partial charge in [-0.1, -0.05) is 30.3 Å². The van der Waals surface area contributed by atoms with E-state index in [1.54, 1.807) is 0 Å². The van der Waals surface area contributed by atoms with Gasteiger partial charge in [0, 0.05) is 0 Å². The lowest BCUT2D eigenvalue weighted by Crippen LogP contribution is -2.18.